The number of hydrogen-bond donors (Lipinski definition) is 1. The quantitative estimate of drug-likeness (QED) is 0.244. The number of anilines is 1. The van der Waals surface area contributed by atoms with Crippen LogP contribution in [0.5, 0.6) is 0 Å². The molecule has 1 saturated heterocycles. The molecule has 3 aromatic rings. The lowest BCUT2D eigenvalue weighted by Gasteiger charge is -2.43. The van der Waals surface area contributed by atoms with Gasteiger partial charge in [-0.3, -0.25) is 14.5 Å². The Bertz CT molecular complexity index is 1530. The zero-order valence-electron chi connectivity index (χ0n) is 20.3. The van der Waals surface area contributed by atoms with E-state index in [1.54, 1.807) is 54.3 Å². The summed E-state index contributed by atoms with van der Waals surface area (Å²) in [6, 6.07) is 13.1. The molecular weight excluding hydrogens is 544 g/mol. The number of aromatic nitrogens is 1. The Morgan fingerprint density at radius 3 is 2.45 bits per heavy atom. The summed E-state index contributed by atoms with van der Waals surface area (Å²) in [6.07, 6.45) is 0.831. The molecule has 10 heteroatoms. The zero-order chi connectivity index (χ0) is 26.3. The van der Waals surface area contributed by atoms with Crippen LogP contribution in [0.2, 0.25) is 0 Å². The first-order valence-electron chi connectivity index (χ1n) is 12.7. The van der Waals surface area contributed by atoms with E-state index in [2.05, 4.69) is 4.98 Å². The molecule has 7 atom stereocenters. The summed E-state index contributed by atoms with van der Waals surface area (Å²) in [5, 5.41) is 1.19. The molecule has 2 saturated carbocycles. The number of thiazole rings is 1. The van der Waals surface area contributed by atoms with Crippen molar-refractivity contribution in [1.29, 1.82) is 0 Å². The number of halogens is 1. The number of esters is 1. The fraction of sp³-hybridized carbons (Fsp3) is 0.357. The molecule has 7 unspecified atom stereocenters. The number of carbonyl (C=O) groups excluding carboxylic acids is 3. The fourth-order valence-corrected chi connectivity index (χ4v) is 10.6. The Balaban J connectivity index is 1.25. The Hall–Kier alpha value is -2.82. The predicted molar refractivity (Wildman–Crippen MR) is 144 cm³/mol. The SMILES string of the molecule is CCOC(=O)c1ccc(N2C(=O)C3C4CC(C3C2=O)C2C(c3ccc(F)cc3)c3sc(=S)[nH]c3SC42)cc1. The van der Waals surface area contributed by atoms with Gasteiger partial charge in [-0.25, -0.2) is 9.18 Å². The van der Waals surface area contributed by atoms with Crippen LogP contribution in [-0.4, -0.2) is 34.6 Å². The summed E-state index contributed by atoms with van der Waals surface area (Å²) in [7, 11) is 0. The number of fused-ring (bicyclic) bond motifs is 9. The molecule has 2 amide bonds. The molecular formula is C28H23FN2O4S3. The van der Waals surface area contributed by atoms with Crippen LogP contribution in [0.25, 0.3) is 0 Å². The first-order valence-corrected chi connectivity index (χ1v) is 14.8. The van der Waals surface area contributed by atoms with Crippen LogP contribution in [0.3, 0.4) is 0 Å². The highest BCUT2D eigenvalue weighted by Crippen LogP contribution is 2.69. The molecule has 2 aromatic carbocycles. The second-order valence-corrected chi connectivity index (χ2v) is 13.2. The number of hydrogen-bond acceptors (Lipinski definition) is 7. The standard InChI is InChI=1S/C28H23FN2O4S3/c1-2-35-27(34)13-5-9-15(10-6-13)31-25(32)20-16-11-17(21(20)26(31)33)22-19(16)18(12-3-7-14(29)8-4-12)23-24(37-22)30-28(36)38-23/h3-10,16-22H,2,11H2,1H3,(H,30,36). The number of rotatable bonds is 4. The maximum Gasteiger partial charge on any atom is 0.338 e. The number of ether oxygens (including phenoxy) is 1. The van der Waals surface area contributed by atoms with Gasteiger partial charge in [0.2, 0.25) is 11.8 Å². The minimum absolute atomic E-state index is 0.00781. The molecule has 0 spiro atoms. The molecule has 2 bridgehead atoms. The number of aromatic amines is 1. The van der Waals surface area contributed by atoms with E-state index in [0.29, 0.717) is 15.2 Å². The molecule has 4 aliphatic rings. The van der Waals surface area contributed by atoms with Gasteiger partial charge in [-0.05, 0) is 85.3 Å². The van der Waals surface area contributed by atoms with Gasteiger partial charge in [-0.2, -0.15) is 0 Å². The highest BCUT2D eigenvalue weighted by molar-refractivity contribution is 8.00. The lowest BCUT2D eigenvalue weighted by atomic mass is 9.68. The van der Waals surface area contributed by atoms with Gasteiger partial charge in [-0.15, -0.1) is 23.1 Å². The third-order valence-corrected chi connectivity index (χ3v) is 11.5. The first kappa shape index (κ1) is 24.2. The van der Waals surface area contributed by atoms with Crippen LogP contribution in [0.15, 0.2) is 53.6 Å². The van der Waals surface area contributed by atoms with Crippen molar-refractivity contribution in [3.05, 3.63) is 74.3 Å². The summed E-state index contributed by atoms with van der Waals surface area (Å²) in [5.74, 6) is -1.53. The average Bonchev–Trinajstić information content (AvgIpc) is 3.64. The van der Waals surface area contributed by atoms with E-state index in [9.17, 15) is 18.8 Å². The molecule has 1 aromatic heterocycles. The van der Waals surface area contributed by atoms with Crippen molar-refractivity contribution in [2.24, 2.45) is 29.6 Å². The van der Waals surface area contributed by atoms with Crippen LogP contribution in [0.1, 0.15) is 40.1 Å². The molecule has 194 valence electrons. The van der Waals surface area contributed by atoms with Gasteiger partial charge >= 0.3 is 5.97 Å². The smallest absolute Gasteiger partial charge is 0.338 e. The van der Waals surface area contributed by atoms with Gasteiger partial charge in [0.25, 0.3) is 0 Å². The number of amides is 2. The second-order valence-electron chi connectivity index (χ2n) is 10.3. The number of benzene rings is 2. The summed E-state index contributed by atoms with van der Waals surface area (Å²) in [6.45, 7) is 2.01. The monoisotopic (exact) mass is 566 g/mol. The normalized spacial score (nSPS) is 30.8. The Morgan fingerprint density at radius 2 is 1.76 bits per heavy atom. The van der Waals surface area contributed by atoms with Gasteiger partial charge in [0, 0.05) is 16.0 Å². The van der Waals surface area contributed by atoms with Crippen LogP contribution in [0.4, 0.5) is 10.1 Å². The van der Waals surface area contributed by atoms with Crippen LogP contribution in [0, 0.1) is 39.4 Å². The van der Waals surface area contributed by atoms with Crippen molar-refractivity contribution in [3.8, 4) is 0 Å². The Morgan fingerprint density at radius 1 is 1.08 bits per heavy atom. The molecule has 1 N–H and O–H groups in total. The minimum Gasteiger partial charge on any atom is -0.462 e. The highest BCUT2D eigenvalue weighted by Gasteiger charge is 2.69. The van der Waals surface area contributed by atoms with Crippen molar-refractivity contribution in [2.45, 2.75) is 29.5 Å². The van der Waals surface area contributed by atoms with E-state index in [4.69, 9.17) is 17.0 Å². The van der Waals surface area contributed by atoms with E-state index in [0.717, 1.165) is 21.9 Å². The van der Waals surface area contributed by atoms with E-state index >= 15 is 0 Å². The van der Waals surface area contributed by atoms with Crippen molar-refractivity contribution < 1.29 is 23.5 Å². The number of H-pyrrole nitrogens is 1. The lowest BCUT2D eigenvalue weighted by Crippen LogP contribution is -2.42. The summed E-state index contributed by atoms with van der Waals surface area (Å²) in [5.41, 5.74) is 1.87. The number of thioether (sulfide) groups is 1. The third kappa shape index (κ3) is 3.42. The maximum atomic E-state index is 13.9. The third-order valence-electron chi connectivity index (χ3n) is 8.59. The minimum atomic E-state index is -0.438. The summed E-state index contributed by atoms with van der Waals surface area (Å²) < 4.78 is 19.6. The van der Waals surface area contributed by atoms with E-state index in [1.807, 2.05) is 12.1 Å². The zero-order valence-corrected chi connectivity index (χ0v) is 22.7. The average molecular weight is 567 g/mol. The first-order chi connectivity index (χ1) is 18.4. The van der Waals surface area contributed by atoms with Crippen molar-refractivity contribution >= 4 is 58.8 Å². The molecule has 3 fully saturated rings. The van der Waals surface area contributed by atoms with Gasteiger partial charge in [-0.1, -0.05) is 12.1 Å². The summed E-state index contributed by atoms with van der Waals surface area (Å²) >= 11 is 8.79. The molecule has 7 rings (SSSR count). The summed E-state index contributed by atoms with van der Waals surface area (Å²) in [4.78, 5) is 45.5. The second kappa shape index (κ2) is 8.86. The fourth-order valence-electron chi connectivity index (χ4n) is 7.28. The van der Waals surface area contributed by atoms with E-state index < -0.39 is 5.97 Å². The Labute approximate surface area is 231 Å². The van der Waals surface area contributed by atoms with Crippen molar-refractivity contribution in [1.82, 2.24) is 4.98 Å². The number of nitrogens with one attached hydrogen (secondary N) is 1. The largest absolute Gasteiger partial charge is 0.462 e. The molecule has 3 heterocycles. The van der Waals surface area contributed by atoms with E-state index in [1.165, 1.54) is 17.0 Å². The predicted octanol–water partition coefficient (Wildman–Crippen LogP) is 5.80. The van der Waals surface area contributed by atoms with Crippen molar-refractivity contribution in [3.63, 3.8) is 0 Å². The maximum absolute atomic E-state index is 13.9. The van der Waals surface area contributed by atoms with Crippen LogP contribution < -0.4 is 4.90 Å². The van der Waals surface area contributed by atoms with Crippen LogP contribution >= 0.6 is 35.3 Å². The highest BCUT2D eigenvalue weighted by atomic mass is 32.2. The number of imide groups is 1. The Kier molecular flexibility index (Phi) is 5.65. The lowest BCUT2D eigenvalue weighted by molar-refractivity contribution is -0.123. The van der Waals surface area contributed by atoms with Gasteiger partial charge in [0.15, 0.2) is 3.95 Å². The number of nitrogens with zero attached hydrogens (tertiary/aromatic N) is 1. The molecule has 0 radical (unpaired) electrons. The molecule has 2 aliphatic heterocycles. The van der Waals surface area contributed by atoms with Crippen molar-refractivity contribution in [2.75, 3.05) is 11.5 Å². The van der Waals surface area contributed by atoms with Gasteiger partial charge in [0.05, 0.1) is 34.7 Å². The number of carbonyl (C=O) groups is 3. The van der Waals surface area contributed by atoms with Crippen LogP contribution in [-0.2, 0) is 14.3 Å². The van der Waals surface area contributed by atoms with Gasteiger partial charge < -0.3 is 9.72 Å². The van der Waals surface area contributed by atoms with Gasteiger partial charge in [0.1, 0.15) is 5.82 Å². The van der Waals surface area contributed by atoms with E-state index in [-0.39, 0.29) is 65.0 Å². The molecule has 38 heavy (non-hydrogen) atoms. The molecule has 2 aliphatic carbocycles. The topological polar surface area (TPSA) is 79.5 Å². The molecule has 6 nitrogen and oxygen atoms in total.